The number of carbonyl (C=O) groups is 1. The topological polar surface area (TPSA) is 38.3 Å². The number of methoxy groups -OCH3 is 1. The molecule has 0 aliphatic carbocycles. The third kappa shape index (κ3) is 3.70. The molecule has 21 heavy (non-hydrogen) atoms. The summed E-state index contributed by atoms with van der Waals surface area (Å²) < 4.78 is 31.2. The number of anilines is 1. The van der Waals surface area contributed by atoms with Gasteiger partial charge in [-0.1, -0.05) is 17.7 Å². The van der Waals surface area contributed by atoms with Gasteiger partial charge in [-0.3, -0.25) is 0 Å². The molecule has 0 saturated heterocycles. The standard InChI is InChI=1S/C15H12ClF2NO2/c1-21-15(20)11-4-2-9(6-14(11)18)8-19-10-3-5-13(17)12(16)7-10/h2-7,19H,8H2,1H3. The zero-order valence-electron chi connectivity index (χ0n) is 11.1. The number of ether oxygens (including phenoxy) is 1. The molecule has 2 aromatic carbocycles. The van der Waals surface area contributed by atoms with E-state index in [1.807, 2.05) is 0 Å². The number of hydrogen-bond acceptors (Lipinski definition) is 3. The Kier molecular flexibility index (Phi) is 4.75. The van der Waals surface area contributed by atoms with Crippen LogP contribution in [0.4, 0.5) is 14.5 Å². The number of nitrogens with one attached hydrogen (secondary N) is 1. The summed E-state index contributed by atoms with van der Waals surface area (Å²) in [5.74, 6) is -1.88. The van der Waals surface area contributed by atoms with Gasteiger partial charge in [-0.05, 0) is 35.9 Å². The highest BCUT2D eigenvalue weighted by molar-refractivity contribution is 6.31. The van der Waals surface area contributed by atoms with Crippen molar-refractivity contribution in [2.45, 2.75) is 6.54 Å². The normalized spacial score (nSPS) is 10.3. The first kappa shape index (κ1) is 15.3. The smallest absolute Gasteiger partial charge is 0.340 e. The molecule has 0 aromatic heterocycles. The lowest BCUT2D eigenvalue weighted by atomic mass is 10.1. The first-order valence-electron chi connectivity index (χ1n) is 6.07. The Bertz CT molecular complexity index is 677. The Labute approximate surface area is 125 Å². The zero-order valence-corrected chi connectivity index (χ0v) is 11.9. The van der Waals surface area contributed by atoms with Gasteiger partial charge in [0.15, 0.2) is 0 Å². The van der Waals surface area contributed by atoms with Crippen LogP contribution in [0.3, 0.4) is 0 Å². The van der Waals surface area contributed by atoms with Crippen LogP contribution in [0.5, 0.6) is 0 Å². The molecule has 2 aromatic rings. The first-order chi connectivity index (χ1) is 10.0. The van der Waals surface area contributed by atoms with Crippen LogP contribution in [0.15, 0.2) is 36.4 Å². The lowest BCUT2D eigenvalue weighted by Gasteiger charge is -2.08. The molecule has 0 bridgehead atoms. The number of carbonyl (C=O) groups excluding carboxylic acids is 1. The molecule has 2 rings (SSSR count). The van der Waals surface area contributed by atoms with Gasteiger partial charge in [-0.2, -0.15) is 0 Å². The molecule has 110 valence electrons. The van der Waals surface area contributed by atoms with Crippen LogP contribution in [-0.2, 0) is 11.3 Å². The molecule has 1 N–H and O–H groups in total. The summed E-state index contributed by atoms with van der Waals surface area (Å²) >= 11 is 5.67. The summed E-state index contributed by atoms with van der Waals surface area (Å²) in [6.45, 7) is 0.306. The van der Waals surface area contributed by atoms with Crippen molar-refractivity contribution in [1.29, 1.82) is 0 Å². The third-order valence-electron chi connectivity index (χ3n) is 2.86. The van der Waals surface area contributed by atoms with Crippen molar-refractivity contribution in [3.8, 4) is 0 Å². The summed E-state index contributed by atoms with van der Waals surface area (Å²) in [4.78, 5) is 11.3. The fraction of sp³-hybridized carbons (Fsp3) is 0.133. The maximum atomic E-state index is 13.7. The number of esters is 1. The highest BCUT2D eigenvalue weighted by Gasteiger charge is 2.12. The Morgan fingerprint density at radius 3 is 2.57 bits per heavy atom. The monoisotopic (exact) mass is 311 g/mol. The van der Waals surface area contributed by atoms with Crippen molar-refractivity contribution < 1.29 is 18.3 Å². The zero-order chi connectivity index (χ0) is 15.4. The van der Waals surface area contributed by atoms with Gasteiger partial charge in [0.05, 0.1) is 17.7 Å². The Hall–Kier alpha value is -2.14. The fourth-order valence-electron chi connectivity index (χ4n) is 1.75. The van der Waals surface area contributed by atoms with Gasteiger partial charge in [-0.25, -0.2) is 13.6 Å². The van der Waals surface area contributed by atoms with Gasteiger partial charge in [0.1, 0.15) is 11.6 Å². The number of halogens is 3. The predicted octanol–water partition coefficient (Wildman–Crippen LogP) is 4.02. The van der Waals surface area contributed by atoms with Crippen molar-refractivity contribution in [2.24, 2.45) is 0 Å². The highest BCUT2D eigenvalue weighted by atomic mass is 35.5. The van der Waals surface area contributed by atoms with E-state index < -0.39 is 17.6 Å². The van der Waals surface area contributed by atoms with Crippen molar-refractivity contribution in [3.63, 3.8) is 0 Å². The summed E-state index contributed by atoms with van der Waals surface area (Å²) in [6.07, 6.45) is 0. The molecular weight excluding hydrogens is 300 g/mol. The van der Waals surface area contributed by atoms with Crippen LogP contribution < -0.4 is 5.32 Å². The number of benzene rings is 2. The van der Waals surface area contributed by atoms with Crippen molar-refractivity contribution >= 4 is 23.3 Å². The maximum absolute atomic E-state index is 13.7. The molecule has 3 nitrogen and oxygen atoms in total. The Morgan fingerprint density at radius 2 is 1.95 bits per heavy atom. The van der Waals surface area contributed by atoms with Gasteiger partial charge in [0, 0.05) is 12.2 Å². The van der Waals surface area contributed by atoms with Crippen LogP contribution >= 0.6 is 11.6 Å². The minimum absolute atomic E-state index is 0.00668. The summed E-state index contributed by atoms with van der Waals surface area (Å²) in [6, 6.07) is 8.41. The van der Waals surface area contributed by atoms with Gasteiger partial charge in [-0.15, -0.1) is 0 Å². The summed E-state index contributed by atoms with van der Waals surface area (Å²) in [5, 5.41) is 2.99. The average Bonchev–Trinajstić information content (AvgIpc) is 2.48. The minimum atomic E-state index is -0.725. The summed E-state index contributed by atoms with van der Waals surface area (Å²) in [5.41, 5.74) is 1.12. The molecule has 0 aliphatic heterocycles. The Morgan fingerprint density at radius 1 is 1.19 bits per heavy atom. The van der Waals surface area contributed by atoms with E-state index in [-0.39, 0.29) is 10.6 Å². The SMILES string of the molecule is COC(=O)c1ccc(CNc2ccc(F)c(Cl)c2)cc1F. The highest BCUT2D eigenvalue weighted by Crippen LogP contribution is 2.20. The van der Waals surface area contributed by atoms with Gasteiger partial charge in [0.2, 0.25) is 0 Å². The molecule has 0 radical (unpaired) electrons. The van der Waals surface area contributed by atoms with Crippen LogP contribution in [0.25, 0.3) is 0 Å². The van der Waals surface area contributed by atoms with Gasteiger partial charge in [0.25, 0.3) is 0 Å². The third-order valence-corrected chi connectivity index (χ3v) is 3.14. The van der Waals surface area contributed by atoms with Crippen molar-refractivity contribution in [1.82, 2.24) is 0 Å². The van der Waals surface area contributed by atoms with E-state index in [9.17, 15) is 13.6 Å². The van der Waals surface area contributed by atoms with Crippen LogP contribution in [0.1, 0.15) is 15.9 Å². The van der Waals surface area contributed by atoms with Crippen LogP contribution in [0, 0.1) is 11.6 Å². The largest absolute Gasteiger partial charge is 0.465 e. The van der Waals surface area contributed by atoms with E-state index in [1.54, 1.807) is 6.07 Å². The fourth-order valence-corrected chi connectivity index (χ4v) is 1.93. The summed E-state index contributed by atoms with van der Waals surface area (Å²) in [7, 11) is 1.19. The van der Waals surface area contributed by atoms with E-state index >= 15 is 0 Å². The van der Waals surface area contributed by atoms with E-state index in [4.69, 9.17) is 11.6 Å². The molecule has 0 saturated carbocycles. The van der Waals surface area contributed by atoms with Crippen molar-refractivity contribution in [3.05, 3.63) is 64.2 Å². The van der Waals surface area contributed by atoms with Crippen LogP contribution in [0.2, 0.25) is 5.02 Å². The molecule has 0 atom stereocenters. The van der Waals surface area contributed by atoms with Crippen molar-refractivity contribution in [2.75, 3.05) is 12.4 Å². The predicted molar refractivity (Wildman–Crippen MR) is 76.5 cm³/mol. The molecule has 0 amide bonds. The Balaban J connectivity index is 2.08. The molecule has 6 heteroatoms. The second kappa shape index (κ2) is 6.54. The molecule has 0 spiro atoms. The van der Waals surface area contributed by atoms with E-state index in [1.165, 1.54) is 37.4 Å². The van der Waals surface area contributed by atoms with Crippen LogP contribution in [-0.4, -0.2) is 13.1 Å². The maximum Gasteiger partial charge on any atom is 0.340 e. The lowest BCUT2D eigenvalue weighted by molar-refractivity contribution is 0.0595. The first-order valence-corrected chi connectivity index (χ1v) is 6.44. The number of hydrogen-bond donors (Lipinski definition) is 1. The van der Waals surface area contributed by atoms with E-state index in [2.05, 4.69) is 10.1 Å². The lowest BCUT2D eigenvalue weighted by Crippen LogP contribution is -2.06. The second-order valence-corrected chi connectivity index (χ2v) is 4.70. The van der Waals surface area contributed by atoms with Gasteiger partial charge >= 0.3 is 5.97 Å². The quantitative estimate of drug-likeness (QED) is 0.867. The molecule has 0 fully saturated rings. The molecule has 0 heterocycles. The number of rotatable bonds is 4. The van der Waals surface area contributed by atoms with E-state index in [0.29, 0.717) is 17.8 Å². The van der Waals surface area contributed by atoms with E-state index in [0.717, 1.165) is 0 Å². The molecule has 0 unspecified atom stereocenters. The molecular formula is C15H12ClF2NO2. The average molecular weight is 312 g/mol. The second-order valence-electron chi connectivity index (χ2n) is 4.29. The minimum Gasteiger partial charge on any atom is -0.465 e. The van der Waals surface area contributed by atoms with Gasteiger partial charge < -0.3 is 10.1 Å². The molecule has 0 aliphatic rings.